The first-order valence-corrected chi connectivity index (χ1v) is 2.59. The van der Waals surface area contributed by atoms with Crippen molar-refractivity contribution in [3.05, 3.63) is 37.5 Å². The lowest BCUT2D eigenvalue weighted by Gasteiger charge is -1.71. The van der Waals surface area contributed by atoms with E-state index in [4.69, 9.17) is 4.79 Å². The third-order valence-electron chi connectivity index (χ3n) is 0.577. The predicted molar refractivity (Wildman–Crippen MR) is 36.1 cm³/mol. The minimum absolute atomic E-state index is 0.312. The highest BCUT2D eigenvalue weighted by Gasteiger charge is 1.59. The third-order valence-corrected chi connectivity index (χ3v) is 0.577. The van der Waals surface area contributed by atoms with Gasteiger partial charge in [0.05, 0.1) is 18.8 Å². The Morgan fingerprint density at radius 2 is 2.00 bits per heavy atom. The van der Waals surface area contributed by atoms with Gasteiger partial charge in [-0.2, -0.15) is 0 Å². The van der Waals surface area contributed by atoms with E-state index in [-0.39, 0.29) is 0 Å². The molecule has 1 aromatic heterocycles. The molecule has 1 heterocycles. The Morgan fingerprint density at radius 1 is 1.40 bits per heavy atom. The summed E-state index contributed by atoms with van der Waals surface area (Å²) < 4.78 is 8.50. The number of carbonyl (C=O) groups is 1. The van der Waals surface area contributed by atoms with E-state index < -0.39 is 0 Å². The quantitative estimate of drug-likeness (QED) is 0.462. The van der Waals surface area contributed by atoms with Crippen LogP contribution in [0.25, 0.3) is 0 Å². The summed E-state index contributed by atoms with van der Waals surface area (Å²) in [7, 11) is 0. The number of furan rings is 1. The summed E-state index contributed by atoms with van der Waals surface area (Å²) in [5.74, 6) is 0. The minimum Gasteiger partial charge on any atom is -0.473 e. The van der Waals surface area contributed by atoms with Gasteiger partial charge in [0.15, 0.2) is 0 Å². The Kier molecular flexibility index (Phi) is 6.36. The summed E-state index contributed by atoms with van der Waals surface area (Å²) in [4.78, 5) is 9.11. The van der Waals surface area contributed by atoms with E-state index >= 15 is 0 Å². The number of hydrogen-bond acceptors (Lipinski definition) is 3. The number of hydrogen-bond donors (Lipinski definition) is 0. The zero-order valence-corrected chi connectivity index (χ0v) is 5.40. The second-order valence-corrected chi connectivity index (χ2v) is 1.19. The largest absolute Gasteiger partial charge is 0.473 e. The topological polar surface area (TPSA) is 39.4 Å². The first kappa shape index (κ1) is 8.49. The standard InChI is InChI=1S/C4H4O.C3H4O2/c1-2-4-5-3-1;1-2-5-3-4/h1-4H;2-3H,1H2. The van der Waals surface area contributed by atoms with Crippen LogP contribution in [0.3, 0.4) is 0 Å². The summed E-state index contributed by atoms with van der Waals surface area (Å²) in [5, 5.41) is 0. The van der Waals surface area contributed by atoms with Gasteiger partial charge in [-0.1, -0.05) is 6.58 Å². The molecule has 3 nitrogen and oxygen atoms in total. The van der Waals surface area contributed by atoms with Gasteiger partial charge >= 0.3 is 0 Å². The van der Waals surface area contributed by atoms with Crippen molar-refractivity contribution in [3.8, 4) is 0 Å². The lowest BCUT2D eigenvalue weighted by Crippen LogP contribution is -1.66. The van der Waals surface area contributed by atoms with Crippen molar-refractivity contribution in [2.75, 3.05) is 0 Å². The molecule has 0 spiro atoms. The summed E-state index contributed by atoms with van der Waals surface area (Å²) in [5.41, 5.74) is 0. The van der Waals surface area contributed by atoms with Gasteiger partial charge in [-0.25, -0.2) is 0 Å². The molecule has 1 rings (SSSR count). The molecule has 0 fully saturated rings. The van der Waals surface area contributed by atoms with E-state index in [0.29, 0.717) is 6.47 Å². The molecular formula is C7H8O3. The van der Waals surface area contributed by atoms with Gasteiger partial charge in [0.1, 0.15) is 0 Å². The van der Waals surface area contributed by atoms with Crippen molar-refractivity contribution >= 4 is 6.47 Å². The van der Waals surface area contributed by atoms with Crippen LogP contribution >= 0.6 is 0 Å². The molecule has 10 heavy (non-hydrogen) atoms. The molecule has 0 unspecified atom stereocenters. The van der Waals surface area contributed by atoms with Gasteiger partial charge in [0.2, 0.25) is 0 Å². The fraction of sp³-hybridized carbons (Fsp3) is 0. The fourth-order valence-corrected chi connectivity index (χ4v) is 0.266. The summed E-state index contributed by atoms with van der Waals surface area (Å²) in [6.07, 6.45) is 4.31. The van der Waals surface area contributed by atoms with Gasteiger partial charge in [-0.05, 0) is 12.1 Å². The van der Waals surface area contributed by atoms with Crippen molar-refractivity contribution in [2.45, 2.75) is 0 Å². The lowest BCUT2D eigenvalue weighted by atomic mass is 10.7. The van der Waals surface area contributed by atoms with Crippen molar-refractivity contribution in [2.24, 2.45) is 0 Å². The Balaban J connectivity index is 0.000000162. The molecule has 0 bridgehead atoms. The van der Waals surface area contributed by atoms with Crippen molar-refractivity contribution in [3.63, 3.8) is 0 Å². The van der Waals surface area contributed by atoms with E-state index in [9.17, 15) is 0 Å². The predicted octanol–water partition coefficient (Wildman–Crippen LogP) is 1.58. The van der Waals surface area contributed by atoms with Crippen LogP contribution in [0.5, 0.6) is 0 Å². The smallest absolute Gasteiger partial charge is 0.297 e. The van der Waals surface area contributed by atoms with Gasteiger partial charge in [-0.3, -0.25) is 4.79 Å². The Morgan fingerprint density at radius 3 is 2.10 bits per heavy atom. The molecule has 0 aliphatic rings. The van der Waals surface area contributed by atoms with Gasteiger partial charge < -0.3 is 9.15 Å². The maximum Gasteiger partial charge on any atom is 0.297 e. The van der Waals surface area contributed by atoms with Gasteiger partial charge in [0, 0.05) is 0 Å². The summed E-state index contributed by atoms with van der Waals surface area (Å²) in [6, 6.07) is 3.67. The molecular weight excluding hydrogens is 132 g/mol. The van der Waals surface area contributed by atoms with Crippen LogP contribution in [-0.2, 0) is 9.53 Å². The molecule has 0 radical (unpaired) electrons. The second kappa shape index (κ2) is 7.49. The fourth-order valence-electron chi connectivity index (χ4n) is 0.266. The van der Waals surface area contributed by atoms with E-state index in [1.807, 2.05) is 12.1 Å². The van der Waals surface area contributed by atoms with Crippen LogP contribution in [-0.4, -0.2) is 6.47 Å². The second-order valence-electron chi connectivity index (χ2n) is 1.19. The maximum atomic E-state index is 9.11. The van der Waals surface area contributed by atoms with E-state index in [2.05, 4.69) is 15.7 Å². The van der Waals surface area contributed by atoms with Crippen LogP contribution in [0.15, 0.2) is 41.9 Å². The van der Waals surface area contributed by atoms with Gasteiger partial charge in [0.25, 0.3) is 6.47 Å². The van der Waals surface area contributed by atoms with Crippen molar-refractivity contribution in [1.29, 1.82) is 0 Å². The van der Waals surface area contributed by atoms with Crippen LogP contribution in [0.1, 0.15) is 0 Å². The highest BCUT2D eigenvalue weighted by Crippen LogP contribution is 1.79. The molecule has 0 aliphatic carbocycles. The zero-order valence-electron chi connectivity index (χ0n) is 5.40. The number of ether oxygens (including phenoxy) is 1. The molecule has 3 heteroatoms. The first-order valence-electron chi connectivity index (χ1n) is 2.59. The Bertz CT molecular complexity index is 132. The summed E-state index contributed by atoms with van der Waals surface area (Å²) >= 11 is 0. The van der Waals surface area contributed by atoms with Crippen LogP contribution < -0.4 is 0 Å². The monoisotopic (exact) mass is 140 g/mol. The molecule has 0 saturated carbocycles. The highest BCUT2D eigenvalue weighted by molar-refractivity contribution is 5.37. The van der Waals surface area contributed by atoms with Crippen molar-refractivity contribution in [1.82, 2.24) is 0 Å². The van der Waals surface area contributed by atoms with Crippen LogP contribution in [0.4, 0.5) is 0 Å². The van der Waals surface area contributed by atoms with Crippen LogP contribution in [0, 0.1) is 0 Å². The first-order chi connectivity index (χ1) is 4.91. The Labute approximate surface area is 58.9 Å². The molecule has 0 amide bonds. The minimum atomic E-state index is 0.312. The number of rotatable bonds is 2. The average molecular weight is 140 g/mol. The molecule has 0 N–H and O–H groups in total. The maximum absolute atomic E-state index is 9.11. The summed E-state index contributed by atoms with van der Waals surface area (Å²) in [6.45, 7) is 3.41. The highest BCUT2D eigenvalue weighted by atomic mass is 16.5. The molecule has 0 atom stereocenters. The lowest BCUT2D eigenvalue weighted by molar-refractivity contribution is -0.123. The van der Waals surface area contributed by atoms with Crippen LogP contribution in [0.2, 0.25) is 0 Å². The van der Waals surface area contributed by atoms with Crippen molar-refractivity contribution < 1.29 is 13.9 Å². The van der Waals surface area contributed by atoms with E-state index in [1.165, 1.54) is 0 Å². The molecule has 1 aromatic rings. The zero-order chi connectivity index (χ0) is 7.66. The molecule has 0 aliphatic heterocycles. The van der Waals surface area contributed by atoms with Gasteiger partial charge in [-0.15, -0.1) is 0 Å². The molecule has 0 saturated heterocycles. The molecule has 0 aromatic carbocycles. The number of carbonyl (C=O) groups excluding carboxylic acids is 1. The third kappa shape index (κ3) is 6.49. The Hall–Kier alpha value is -1.51. The molecule has 54 valence electrons. The SMILES string of the molecule is C=COC=O.c1ccoc1. The average Bonchev–Trinajstić information content (AvgIpc) is 2.44. The van der Waals surface area contributed by atoms with E-state index in [0.717, 1.165) is 6.26 Å². The van der Waals surface area contributed by atoms with E-state index in [1.54, 1.807) is 12.5 Å². The normalized spacial score (nSPS) is 6.80.